The first-order valence-electron chi connectivity index (χ1n) is 16.4. The van der Waals surface area contributed by atoms with Crippen LogP contribution in [-0.4, -0.2) is 9.97 Å². The van der Waals surface area contributed by atoms with Crippen LogP contribution in [0, 0.1) is 0 Å². The van der Waals surface area contributed by atoms with Gasteiger partial charge >= 0.3 is 0 Å². The molecule has 0 spiro atoms. The van der Waals surface area contributed by atoms with Crippen LogP contribution in [-0.2, 0) is 0 Å². The number of rotatable bonds is 6. The van der Waals surface area contributed by atoms with E-state index >= 15 is 0 Å². The molecule has 0 aliphatic heterocycles. The number of furan rings is 5. The van der Waals surface area contributed by atoms with Crippen LogP contribution in [0.2, 0.25) is 0 Å². The normalized spacial score (nSPS) is 11.9. The summed E-state index contributed by atoms with van der Waals surface area (Å²) in [6, 6.07) is 41.6. The summed E-state index contributed by atoms with van der Waals surface area (Å²) in [6.45, 7) is 0. The number of anilines is 6. The van der Waals surface area contributed by atoms with Crippen LogP contribution >= 0.6 is 0 Å². The maximum Gasteiger partial charge on any atom is 0.229 e. The van der Waals surface area contributed by atoms with Gasteiger partial charge in [-0.1, -0.05) is 36.4 Å². The zero-order valence-electron chi connectivity index (χ0n) is 26.7. The Kier molecular flexibility index (Phi) is 5.76. The second-order valence-corrected chi connectivity index (χ2v) is 12.3. The maximum atomic E-state index is 6.46. The molecule has 0 unspecified atom stereocenters. The van der Waals surface area contributed by atoms with Gasteiger partial charge in [0.05, 0.1) is 23.9 Å². The lowest BCUT2D eigenvalue weighted by Gasteiger charge is -2.21. The zero-order valence-corrected chi connectivity index (χ0v) is 26.7. The van der Waals surface area contributed by atoms with E-state index in [4.69, 9.17) is 32.1 Å². The molecule has 0 bridgehead atoms. The minimum atomic E-state index is 0.469. The number of nitrogens with zero attached hydrogens (tertiary/aromatic N) is 4. The first-order chi connectivity index (χ1) is 25.2. The van der Waals surface area contributed by atoms with E-state index in [9.17, 15) is 0 Å². The van der Waals surface area contributed by atoms with Gasteiger partial charge < -0.3 is 22.1 Å². The monoisotopic (exact) mass is 664 g/mol. The summed E-state index contributed by atoms with van der Waals surface area (Å²) < 4.78 is 30.7. The molecule has 0 atom stereocenters. The maximum absolute atomic E-state index is 6.46. The van der Waals surface area contributed by atoms with Crippen molar-refractivity contribution in [2.75, 3.05) is 9.80 Å². The zero-order chi connectivity index (χ0) is 33.5. The first-order valence-corrected chi connectivity index (χ1v) is 16.4. The molecule has 0 N–H and O–H groups in total. The highest BCUT2D eigenvalue weighted by atomic mass is 16.4. The van der Waals surface area contributed by atoms with Crippen LogP contribution in [0.4, 0.5) is 34.8 Å². The predicted molar refractivity (Wildman–Crippen MR) is 198 cm³/mol. The molecule has 0 radical (unpaired) electrons. The Labute approximate surface area is 288 Å². The molecule has 51 heavy (non-hydrogen) atoms. The molecule has 0 saturated carbocycles. The van der Waals surface area contributed by atoms with Gasteiger partial charge in [0.1, 0.15) is 39.6 Å². The fourth-order valence-corrected chi connectivity index (χ4v) is 7.02. The lowest BCUT2D eigenvalue weighted by Crippen LogP contribution is -2.10. The molecule has 7 aromatic heterocycles. The molecule has 4 aromatic carbocycles. The fraction of sp³-hybridized carbons (Fsp3) is 0. The Hall–Kier alpha value is -7.26. The van der Waals surface area contributed by atoms with E-state index in [2.05, 4.69) is 24.3 Å². The topological polar surface area (TPSA) is 98.0 Å². The SMILES string of the molecule is c1coc(N(c2ccc3c(c2)oc2ccccc23)c2cc3oc4nc(N(c5ccc6c(c5)oc5ccccc56)c5ccco5)ccc4c3cn2)c1. The van der Waals surface area contributed by atoms with Crippen LogP contribution in [0.25, 0.3) is 65.9 Å². The molecule has 0 aliphatic rings. The Bertz CT molecular complexity index is 2860. The molecule has 0 aliphatic carbocycles. The third-order valence-electron chi connectivity index (χ3n) is 9.35. The Morgan fingerprint density at radius 2 is 0.961 bits per heavy atom. The lowest BCUT2D eigenvalue weighted by molar-refractivity contribution is 0.572. The Balaban J connectivity index is 1.02. The second kappa shape index (κ2) is 10.6. The van der Waals surface area contributed by atoms with E-state index in [0.29, 0.717) is 34.7 Å². The average Bonchev–Trinajstić information content (AvgIpc) is 4.01. The highest BCUT2D eigenvalue weighted by Crippen LogP contribution is 2.42. The summed E-state index contributed by atoms with van der Waals surface area (Å²) in [4.78, 5) is 13.8. The van der Waals surface area contributed by atoms with Crippen molar-refractivity contribution in [1.82, 2.24) is 9.97 Å². The van der Waals surface area contributed by atoms with Crippen molar-refractivity contribution in [3.63, 3.8) is 0 Å². The van der Waals surface area contributed by atoms with Gasteiger partial charge in [0.15, 0.2) is 0 Å². The highest BCUT2D eigenvalue weighted by molar-refractivity contribution is 6.08. The minimum Gasteiger partial charge on any atom is -0.456 e. The van der Waals surface area contributed by atoms with Gasteiger partial charge in [-0.2, -0.15) is 4.98 Å². The van der Waals surface area contributed by atoms with Gasteiger partial charge in [-0.15, -0.1) is 0 Å². The van der Waals surface area contributed by atoms with Crippen molar-refractivity contribution >= 4 is 101 Å². The highest BCUT2D eigenvalue weighted by Gasteiger charge is 2.23. The van der Waals surface area contributed by atoms with Crippen molar-refractivity contribution in [3.8, 4) is 0 Å². The van der Waals surface area contributed by atoms with E-state index in [1.165, 1.54) is 0 Å². The van der Waals surface area contributed by atoms with E-state index in [1.807, 2.05) is 119 Å². The molecule has 0 saturated heterocycles. The van der Waals surface area contributed by atoms with Crippen LogP contribution in [0.15, 0.2) is 168 Å². The summed E-state index contributed by atoms with van der Waals surface area (Å²) in [7, 11) is 0. The number of benzene rings is 4. The van der Waals surface area contributed by atoms with Crippen LogP contribution in [0.3, 0.4) is 0 Å². The Morgan fingerprint density at radius 1 is 0.412 bits per heavy atom. The van der Waals surface area contributed by atoms with E-state index in [1.54, 1.807) is 12.5 Å². The van der Waals surface area contributed by atoms with E-state index < -0.39 is 0 Å². The van der Waals surface area contributed by atoms with Crippen LogP contribution < -0.4 is 9.80 Å². The van der Waals surface area contributed by atoms with Crippen molar-refractivity contribution in [2.24, 2.45) is 0 Å². The van der Waals surface area contributed by atoms with Crippen molar-refractivity contribution in [1.29, 1.82) is 0 Å². The number of para-hydroxylation sites is 2. The van der Waals surface area contributed by atoms with Crippen molar-refractivity contribution < 1.29 is 22.1 Å². The molecule has 0 fully saturated rings. The quantitative estimate of drug-likeness (QED) is 0.172. The molecule has 0 amide bonds. The third-order valence-corrected chi connectivity index (χ3v) is 9.35. The second-order valence-electron chi connectivity index (χ2n) is 12.3. The number of aromatic nitrogens is 2. The average molecular weight is 665 g/mol. The Morgan fingerprint density at radius 3 is 1.57 bits per heavy atom. The van der Waals surface area contributed by atoms with Gasteiger partial charge in [0.25, 0.3) is 0 Å². The fourth-order valence-electron chi connectivity index (χ4n) is 7.02. The standard InChI is InChI=1S/C42H24N4O5/c1-3-9-33-27(7-1)29-15-13-25(21-35(29)49-33)45(40-11-5-19-47-40)38-18-17-31-32-24-43-39(23-37(32)51-42(31)44-38)46(41-12-6-20-48-41)26-14-16-30-28-8-2-4-10-34(28)50-36(30)22-26/h1-24H. The molecule has 9 heteroatoms. The summed E-state index contributed by atoms with van der Waals surface area (Å²) in [6.07, 6.45) is 5.10. The van der Waals surface area contributed by atoms with Gasteiger partial charge in [-0.3, -0.25) is 9.80 Å². The van der Waals surface area contributed by atoms with Crippen LogP contribution in [0.5, 0.6) is 0 Å². The van der Waals surface area contributed by atoms with Crippen molar-refractivity contribution in [3.05, 3.63) is 146 Å². The molecule has 11 aromatic rings. The number of hydrogen-bond donors (Lipinski definition) is 0. The summed E-state index contributed by atoms with van der Waals surface area (Å²) in [5, 5.41) is 5.90. The van der Waals surface area contributed by atoms with E-state index in [-0.39, 0.29) is 0 Å². The number of fused-ring (bicyclic) bond motifs is 9. The first kappa shape index (κ1) is 27.7. The summed E-state index contributed by atoms with van der Waals surface area (Å²) in [5.41, 5.74) is 5.98. The van der Waals surface area contributed by atoms with Gasteiger partial charge in [-0.25, -0.2) is 4.98 Å². The molecule has 9 nitrogen and oxygen atoms in total. The molecule has 242 valence electrons. The lowest BCUT2D eigenvalue weighted by atomic mass is 10.1. The minimum absolute atomic E-state index is 0.469. The molecule has 7 heterocycles. The van der Waals surface area contributed by atoms with Gasteiger partial charge in [0, 0.05) is 68.8 Å². The third kappa shape index (κ3) is 4.28. The summed E-state index contributed by atoms with van der Waals surface area (Å²) in [5.74, 6) is 2.44. The van der Waals surface area contributed by atoms with E-state index in [0.717, 1.165) is 66.0 Å². The largest absolute Gasteiger partial charge is 0.456 e. The predicted octanol–water partition coefficient (Wildman–Crippen LogP) is 12.3. The van der Waals surface area contributed by atoms with Gasteiger partial charge in [-0.05, 0) is 60.7 Å². The van der Waals surface area contributed by atoms with Gasteiger partial charge in [0.2, 0.25) is 17.5 Å². The van der Waals surface area contributed by atoms with Crippen molar-refractivity contribution in [2.45, 2.75) is 0 Å². The molecule has 11 rings (SSSR count). The van der Waals surface area contributed by atoms with Crippen LogP contribution in [0.1, 0.15) is 0 Å². The number of hydrogen-bond acceptors (Lipinski definition) is 9. The smallest absolute Gasteiger partial charge is 0.229 e. The summed E-state index contributed by atoms with van der Waals surface area (Å²) >= 11 is 0. The molecular weight excluding hydrogens is 640 g/mol. The molecular formula is C42H24N4O5. The number of pyridine rings is 2.